The summed E-state index contributed by atoms with van der Waals surface area (Å²) in [5.74, 6) is 0.544. The van der Waals surface area contributed by atoms with E-state index in [0.717, 1.165) is 11.1 Å². The third-order valence-electron chi connectivity index (χ3n) is 8.37. The predicted molar refractivity (Wildman–Crippen MR) is 182 cm³/mol. The molecule has 0 aromatic heterocycles. The molecule has 0 aliphatic rings. The molecule has 2 rings (SSSR count). The number of hydrogen-bond donors (Lipinski definition) is 4. The molecule has 0 aliphatic heterocycles. The molecule has 0 saturated carbocycles. The van der Waals surface area contributed by atoms with E-state index < -0.39 is 36.0 Å². The highest BCUT2D eigenvalue weighted by Crippen LogP contribution is 2.33. The van der Waals surface area contributed by atoms with E-state index in [4.69, 9.17) is 28.4 Å². The van der Waals surface area contributed by atoms with E-state index in [1.54, 1.807) is 24.3 Å². The molecule has 0 spiro atoms. The Hall–Kier alpha value is -2.77. The molecule has 0 bridgehead atoms. The summed E-state index contributed by atoms with van der Waals surface area (Å²) in [6, 6.07) is 14.3. The zero-order valence-corrected chi connectivity index (χ0v) is 29.6. The maximum atomic E-state index is 12.7. The number of phenolic OH excluding ortho intramolecular Hbond substituents is 1. The number of aliphatic hydroxyl groups excluding tert-OH is 3. The number of benzene rings is 2. The van der Waals surface area contributed by atoms with Crippen molar-refractivity contribution in [3.8, 4) is 11.5 Å². The fourth-order valence-electron chi connectivity index (χ4n) is 4.72. The van der Waals surface area contributed by atoms with E-state index in [9.17, 15) is 25.2 Å². The molecule has 272 valence electrons. The molecule has 0 aliphatic carbocycles. The van der Waals surface area contributed by atoms with Gasteiger partial charge in [-0.3, -0.25) is 0 Å². The Kier molecular flexibility index (Phi) is 18.4. The first-order valence-electron chi connectivity index (χ1n) is 17.0. The second-order valence-corrected chi connectivity index (χ2v) is 12.9. The van der Waals surface area contributed by atoms with E-state index in [0.29, 0.717) is 31.4 Å². The largest absolute Gasteiger partial charge is 0.514 e. The topological polar surface area (TPSA) is 153 Å². The fourth-order valence-corrected chi connectivity index (χ4v) is 4.72. The van der Waals surface area contributed by atoms with Gasteiger partial charge in [0, 0.05) is 5.41 Å². The van der Waals surface area contributed by atoms with Crippen molar-refractivity contribution in [1.29, 1.82) is 0 Å². The molecule has 11 heteroatoms. The summed E-state index contributed by atoms with van der Waals surface area (Å²) in [6.07, 6.45) is -1.25. The van der Waals surface area contributed by atoms with E-state index in [-0.39, 0.29) is 64.0 Å². The molecule has 2 aromatic carbocycles. The zero-order valence-electron chi connectivity index (χ0n) is 29.6. The highest BCUT2D eigenvalue weighted by Gasteiger charge is 2.34. The Morgan fingerprint density at radius 1 is 0.625 bits per heavy atom. The summed E-state index contributed by atoms with van der Waals surface area (Å²) in [5, 5.41) is 39.8. The number of aromatic hydroxyl groups is 1. The van der Waals surface area contributed by atoms with Crippen molar-refractivity contribution in [2.45, 2.75) is 97.1 Å². The molecule has 0 fully saturated rings. The maximum absolute atomic E-state index is 12.7. The van der Waals surface area contributed by atoms with Crippen molar-refractivity contribution < 1.29 is 53.6 Å². The average molecular weight is 679 g/mol. The van der Waals surface area contributed by atoms with Crippen LogP contribution in [0, 0.1) is 5.41 Å². The van der Waals surface area contributed by atoms with Gasteiger partial charge in [0.1, 0.15) is 17.6 Å². The van der Waals surface area contributed by atoms with Gasteiger partial charge in [-0.2, -0.15) is 0 Å². The van der Waals surface area contributed by atoms with Crippen LogP contribution in [0.1, 0.15) is 78.4 Å². The van der Waals surface area contributed by atoms with Crippen LogP contribution in [0.4, 0.5) is 4.79 Å². The summed E-state index contributed by atoms with van der Waals surface area (Å²) in [7, 11) is 0. The first-order valence-corrected chi connectivity index (χ1v) is 17.0. The number of phenols is 1. The lowest BCUT2D eigenvalue weighted by Crippen LogP contribution is -2.44. The van der Waals surface area contributed by atoms with E-state index >= 15 is 0 Å². The lowest BCUT2D eigenvalue weighted by molar-refractivity contribution is -0.132. The van der Waals surface area contributed by atoms with Crippen LogP contribution in [-0.4, -0.2) is 104 Å². The Morgan fingerprint density at radius 2 is 1.02 bits per heavy atom. The summed E-state index contributed by atoms with van der Waals surface area (Å²) in [4.78, 5) is 12.7. The molecule has 2 aromatic rings. The molecule has 0 heterocycles. The smallest absolute Gasteiger partial charge is 0.508 e. The number of carbonyl (C=O) groups is 1. The molecule has 0 saturated heterocycles. The van der Waals surface area contributed by atoms with Crippen LogP contribution in [0.15, 0.2) is 48.5 Å². The summed E-state index contributed by atoms with van der Waals surface area (Å²) in [6.45, 7) is 12.5. The van der Waals surface area contributed by atoms with Crippen LogP contribution < -0.4 is 4.74 Å². The van der Waals surface area contributed by atoms with Crippen LogP contribution >= 0.6 is 0 Å². The molecule has 0 amide bonds. The minimum absolute atomic E-state index is 0.0693. The van der Waals surface area contributed by atoms with Crippen molar-refractivity contribution in [2.75, 3.05) is 52.9 Å². The molecule has 4 unspecified atom stereocenters. The molecule has 4 N–H and O–H groups in total. The molecular formula is C37H58O11. The maximum Gasteiger partial charge on any atom is 0.514 e. The lowest BCUT2D eigenvalue weighted by atomic mass is 9.78. The summed E-state index contributed by atoms with van der Waals surface area (Å²) in [5.41, 5.74) is 0.869. The van der Waals surface area contributed by atoms with Crippen LogP contribution in [0.5, 0.6) is 11.5 Å². The van der Waals surface area contributed by atoms with Gasteiger partial charge in [-0.1, -0.05) is 65.8 Å². The molecule has 11 nitrogen and oxygen atoms in total. The van der Waals surface area contributed by atoms with Gasteiger partial charge >= 0.3 is 6.16 Å². The van der Waals surface area contributed by atoms with Crippen LogP contribution in [-0.2, 0) is 29.1 Å². The lowest BCUT2D eigenvalue weighted by Gasteiger charge is -2.34. The molecule has 4 atom stereocenters. The number of carbonyl (C=O) groups excluding carboxylic acids is 1. The number of hydrogen-bond acceptors (Lipinski definition) is 11. The van der Waals surface area contributed by atoms with Gasteiger partial charge < -0.3 is 48.8 Å². The normalized spacial score (nSPS) is 15.7. The highest BCUT2D eigenvalue weighted by atomic mass is 16.7. The highest BCUT2D eigenvalue weighted by molar-refractivity contribution is 5.64. The van der Waals surface area contributed by atoms with Crippen molar-refractivity contribution in [1.82, 2.24) is 0 Å². The zero-order chi connectivity index (χ0) is 35.6. The summed E-state index contributed by atoms with van der Waals surface area (Å²) >= 11 is 0. The van der Waals surface area contributed by atoms with E-state index in [2.05, 4.69) is 13.8 Å². The van der Waals surface area contributed by atoms with Gasteiger partial charge in [0.15, 0.2) is 0 Å². The van der Waals surface area contributed by atoms with Gasteiger partial charge in [-0.25, -0.2) is 4.79 Å². The van der Waals surface area contributed by atoms with Gasteiger partial charge in [-0.05, 0) is 61.1 Å². The standard InChI is InChI=1S/C37H58O11/c1-7-29(38)19-43-23-37(24-44-20-30(39)8-2,25-45-21-31(40)9-3)26-46-22-33(10-4)47-35(42)48-34-17-13-28(14-18-34)36(5,6)27-11-15-32(41)16-12-27/h11-18,29-31,33,38-41H,7-10,19-26H2,1-6H3. The van der Waals surface area contributed by atoms with Gasteiger partial charge in [0.25, 0.3) is 0 Å². The van der Waals surface area contributed by atoms with Crippen LogP contribution in [0.3, 0.4) is 0 Å². The molecular weight excluding hydrogens is 620 g/mol. The SMILES string of the molecule is CCC(O)COCC(COCC(O)CC)(COCC(O)CC)COCC(CC)OC(=O)Oc1ccc(C(C)(C)c2ccc(O)cc2)cc1. The monoisotopic (exact) mass is 678 g/mol. The Balaban J connectivity index is 2.03. The minimum Gasteiger partial charge on any atom is -0.508 e. The fraction of sp³-hybridized carbons (Fsp3) is 0.649. The third-order valence-corrected chi connectivity index (χ3v) is 8.37. The van der Waals surface area contributed by atoms with Crippen molar-refractivity contribution in [3.63, 3.8) is 0 Å². The van der Waals surface area contributed by atoms with Crippen molar-refractivity contribution in [3.05, 3.63) is 59.7 Å². The van der Waals surface area contributed by atoms with Crippen LogP contribution in [0.25, 0.3) is 0 Å². The first kappa shape index (κ1) is 41.4. The Morgan fingerprint density at radius 3 is 1.42 bits per heavy atom. The van der Waals surface area contributed by atoms with Crippen LogP contribution in [0.2, 0.25) is 0 Å². The van der Waals surface area contributed by atoms with Crippen molar-refractivity contribution >= 4 is 6.16 Å². The summed E-state index contributed by atoms with van der Waals surface area (Å²) < 4.78 is 34.7. The molecule has 0 radical (unpaired) electrons. The second-order valence-electron chi connectivity index (χ2n) is 12.9. The molecule has 48 heavy (non-hydrogen) atoms. The first-order chi connectivity index (χ1) is 22.9. The predicted octanol–water partition coefficient (Wildman–Crippen LogP) is 5.38. The van der Waals surface area contributed by atoms with Gasteiger partial charge in [-0.15, -0.1) is 0 Å². The number of aliphatic hydroxyl groups is 3. The van der Waals surface area contributed by atoms with Gasteiger partial charge in [0.05, 0.1) is 76.6 Å². The quantitative estimate of drug-likeness (QED) is 0.0837. The van der Waals surface area contributed by atoms with Crippen molar-refractivity contribution in [2.24, 2.45) is 5.41 Å². The average Bonchev–Trinajstić information content (AvgIpc) is 3.07. The van der Waals surface area contributed by atoms with E-state index in [1.807, 2.05) is 52.0 Å². The minimum atomic E-state index is -0.854. The van der Waals surface area contributed by atoms with E-state index in [1.165, 1.54) is 0 Å². The Bertz CT molecular complexity index is 1110. The second kappa shape index (κ2) is 21.3. The Labute approximate surface area is 286 Å². The number of rotatable bonds is 24. The number of ether oxygens (including phenoxy) is 6. The third kappa shape index (κ3) is 14.4. The van der Waals surface area contributed by atoms with Gasteiger partial charge in [0.2, 0.25) is 0 Å².